The molecule has 0 spiro atoms. The van der Waals surface area contributed by atoms with Crippen LogP contribution in [-0.4, -0.2) is 45.0 Å². The van der Waals surface area contributed by atoms with Gasteiger partial charge in [-0.1, -0.05) is 0 Å². The molecule has 4 heteroatoms. The molecule has 6 rings (SSSR count). The van der Waals surface area contributed by atoms with Crippen LogP contribution >= 0.6 is 0 Å². The van der Waals surface area contributed by atoms with Crippen LogP contribution in [0.2, 0.25) is 0 Å². The van der Waals surface area contributed by atoms with Crippen molar-refractivity contribution in [2.45, 2.75) is 32.6 Å². The molecule has 0 atom stereocenters. The Morgan fingerprint density at radius 2 is 1.89 bits per heavy atom. The Labute approximate surface area is 174 Å². The van der Waals surface area contributed by atoms with Gasteiger partial charge in [-0.3, -0.25) is 0 Å². The monoisotopic (exact) mass is 484 g/mol. The normalized spacial score (nSPS) is 16.9. The van der Waals surface area contributed by atoms with Crippen molar-refractivity contribution < 1.29 is 4.99 Å². The minimum absolute atomic E-state index is 0.442. The van der Waals surface area contributed by atoms with Gasteiger partial charge in [-0.05, 0) is 0 Å². The molecule has 0 amide bonds. The Bertz CT molecular complexity index is 1270. The van der Waals surface area contributed by atoms with E-state index >= 15 is 0 Å². The number of hydrogen-bond donors (Lipinski definition) is 1. The van der Waals surface area contributed by atoms with E-state index in [1.54, 1.807) is 20.2 Å². The second-order valence-electron chi connectivity index (χ2n) is 7.97. The van der Waals surface area contributed by atoms with Gasteiger partial charge in [0, 0.05) is 0 Å². The first-order valence-corrected chi connectivity index (χ1v) is 12.8. The third-order valence-electron chi connectivity index (χ3n) is 6.25. The van der Waals surface area contributed by atoms with Gasteiger partial charge < -0.3 is 0 Å². The van der Waals surface area contributed by atoms with Gasteiger partial charge in [0.15, 0.2) is 0 Å². The van der Waals surface area contributed by atoms with Crippen LogP contribution in [0.5, 0.6) is 0 Å². The fourth-order valence-electron chi connectivity index (χ4n) is 5.11. The molecule has 4 aliphatic rings. The quantitative estimate of drug-likeness (QED) is 0.257. The van der Waals surface area contributed by atoms with Gasteiger partial charge in [0.05, 0.1) is 0 Å². The summed E-state index contributed by atoms with van der Waals surface area (Å²) in [6, 6.07) is 13.6. The number of aryl methyl sites for hydroxylation is 2. The van der Waals surface area contributed by atoms with Gasteiger partial charge in [-0.15, -0.1) is 0 Å². The topological polar surface area (TPSA) is 30.1 Å². The number of anilines is 1. The third-order valence-corrected chi connectivity index (χ3v) is 9.64. The van der Waals surface area contributed by atoms with Crippen LogP contribution in [0.3, 0.4) is 0 Å². The zero-order chi connectivity index (χ0) is 18.7. The van der Waals surface area contributed by atoms with Crippen molar-refractivity contribution in [3.05, 3.63) is 52.9 Å². The molecule has 2 aromatic rings. The van der Waals surface area contributed by atoms with E-state index in [0.717, 1.165) is 6.54 Å². The van der Waals surface area contributed by atoms with Crippen LogP contribution < -0.4 is 15.2 Å². The van der Waals surface area contributed by atoms with Gasteiger partial charge in [0.1, 0.15) is 0 Å². The van der Waals surface area contributed by atoms with Crippen molar-refractivity contribution in [2.75, 3.05) is 24.5 Å². The van der Waals surface area contributed by atoms with Crippen molar-refractivity contribution in [2.24, 2.45) is 0 Å². The molecule has 0 fully saturated rings. The molecule has 2 aromatic carbocycles. The number of nitrogens with one attached hydrogen (secondary N) is 1. The first kappa shape index (κ1) is 17.0. The number of aromatic nitrogens is 1. The molecule has 3 nitrogen and oxygen atoms in total. The number of fused-ring (bicyclic) bond motifs is 5. The maximum atomic E-state index is 5.29. The van der Waals surface area contributed by atoms with E-state index in [9.17, 15) is 0 Å². The summed E-state index contributed by atoms with van der Waals surface area (Å²) in [6.45, 7) is 5.60. The van der Waals surface area contributed by atoms with E-state index in [1.165, 1.54) is 69.7 Å². The van der Waals surface area contributed by atoms with E-state index in [-0.39, 0.29) is 0 Å². The van der Waals surface area contributed by atoms with Gasteiger partial charge in [-0.2, -0.15) is 0 Å². The Kier molecular flexibility index (Phi) is 4.00. The van der Waals surface area contributed by atoms with E-state index in [2.05, 4.69) is 53.2 Å². The van der Waals surface area contributed by atoms with Crippen LogP contribution in [0.25, 0.3) is 29.0 Å². The van der Waals surface area contributed by atoms with Crippen LogP contribution in [0, 0.1) is 0 Å². The van der Waals surface area contributed by atoms with Crippen LogP contribution in [0.4, 0.5) is 5.69 Å². The van der Waals surface area contributed by atoms with E-state index in [4.69, 9.17) is 4.98 Å². The van der Waals surface area contributed by atoms with Crippen LogP contribution in [0.1, 0.15) is 30.9 Å². The number of benzene rings is 3. The molecule has 0 aromatic heterocycles. The van der Waals surface area contributed by atoms with Gasteiger partial charge in [-0.25, -0.2) is 0 Å². The molecule has 0 saturated heterocycles. The summed E-state index contributed by atoms with van der Waals surface area (Å²) in [5, 5.41) is 3.88. The molecule has 0 bridgehead atoms. The van der Waals surface area contributed by atoms with Crippen molar-refractivity contribution in [3.8, 4) is 9.27 Å². The first-order valence-electron chi connectivity index (χ1n) is 10.5. The predicted molar refractivity (Wildman–Crippen MR) is 116 cm³/mol. The first-order chi connectivity index (χ1) is 13.8. The second-order valence-corrected chi connectivity index (χ2v) is 11.0. The molecule has 140 valence electrons. The molecule has 28 heavy (non-hydrogen) atoms. The molecular formula is C24H24N3Te+. The average Bonchev–Trinajstić information content (AvgIpc) is 2.74. The summed E-state index contributed by atoms with van der Waals surface area (Å²) in [6.07, 6.45) is 5.04. The van der Waals surface area contributed by atoms with Gasteiger partial charge in [0.25, 0.3) is 0 Å². The summed E-state index contributed by atoms with van der Waals surface area (Å²) >= 11 is -0.442. The van der Waals surface area contributed by atoms with Crippen LogP contribution in [0.15, 0.2) is 36.4 Å². The average molecular weight is 482 g/mol. The molecule has 1 N–H and O–H groups in total. The third kappa shape index (κ3) is 2.48. The minimum atomic E-state index is -0.442. The van der Waals surface area contributed by atoms with E-state index in [0.29, 0.717) is 0 Å². The molecule has 3 aliphatic heterocycles. The van der Waals surface area contributed by atoms with Gasteiger partial charge in [0.2, 0.25) is 0 Å². The van der Waals surface area contributed by atoms with Crippen molar-refractivity contribution in [3.63, 3.8) is 0 Å². The van der Waals surface area contributed by atoms with Crippen molar-refractivity contribution >= 4 is 45.8 Å². The Balaban J connectivity index is 1.75. The molecular weight excluding hydrogens is 458 g/mol. The zero-order valence-electron chi connectivity index (χ0n) is 16.2. The fraction of sp³-hybridized carbons (Fsp3) is 0.333. The molecule has 1 aliphatic carbocycles. The summed E-state index contributed by atoms with van der Waals surface area (Å²) in [4.78, 5) is 11.5. The van der Waals surface area contributed by atoms with Crippen molar-refractivity contribution in [1.82, 2.24) is 4.98 Å². The number of rotatable bonds is 1. The fourth-order valence-corrected chi connectivity index (χ4v) is 8.47. The molecule has 3 heterocycles. The summed E-state index contributed by atoms with van der Waals surface area (Å²) < 4.78 is 3.11. The Hall–Kier alpha value is -1.89. The summed E-state index contributed by atoms with van der Waals surface area (Å²) in [5.41, 5.74) is 7.31. The molecule has 0 radical (unpaired) electrons. The van der Waals surface area contributed by atoms with E-state index < -0.39 is 20.4 Å². The SMILES string of the molecule is CC[NH+]=c1cc2[te]c3c4c5c(cc3nc-2c2ccccc12)CCCN5CCC4. The predicted octanol–water partition coefficient (Wildman–Crippen LogP) is 2.25. The van der Waals surface area contributed by atoms with E-state index in [1.807, 2.05) is 0 Å². The Morgan fingerprint density at radius 1 is 1.07 bits per heavy atom. The Morgan fingerprint density at radius 3 is 2.75 bits per heavy atom. The van der Waals surface area contributed by atoms with Crippen molar-refractivity contribution in [1.29, 1.82) is 0 Å². The standard InChI is InChI=1S/C24H23N3Te/c1-2-25-19-14-21-22(17-9-4-3-8-16(17)19)26-20-13-15-7-5-11-27-12-6-10-18(23(15)27)24(20)28-21/h3-4,8-9,13-14H,2,5-7,10-12H2,1H3/p+1. The van der Waals surface area contributed by atoms with Gasteiger partial charge >= 0.3 is 175 Å². The maximum absolute atomic E-state index is 5.29. The number of hydrogen-bond acceptors (Lipinski definition) is 2. The molecule has 0 saturated carbocycles. The summed E-state index contributed by atoms with van der Waals surface area (Å²) in [7, 11) is 0. The zero-order valence-corrected chi connectivity index (χ0v) is 18.5. The molecule has 0 unspecified atom stereocenters. The van der Waals surface area contributed by atoms with Crippen LogP contribution in [-0.2, 0) is 12.8 Å². The number of nitrogens with zero attached hydrogens (tertiary/aromatic N) is 2. The second kappa shape index (κ2) is 6.58. The summed E-state index contributed by atoms with van der Waals surface area (Å²) in [5.74, 6) is 0.